The van der Waals surface area contributed by atoms with Gasteiger partial charge in [0, 0.05) is 18.9 Å². The molecule has 0 radical (unpaired) electrons. The number of oxazole rings is 1. The fourth-order valence-electron chi connectivity index (χ4n) is 3.46. The Bertz CT molecular complexity index is 1100. The van der Waals surface area contributed by atoms with E-state index in [9.17, 15) is 13.6 Å². The number of nitrogens with zero attached hydrogens (tertiary/aromatic N) is 1. The molecule has 1 aromatic heterocycles. The van der Waals surface area contributed by atoms with E-state index in [4.69, 9.17) is 13.9 Å². The van der Waals surface area contributed by atoms with Crippen molar-refractivity contribution in [3.05, 3.63) is 65.7 Å². The molecule has 3 rings (SSSR count). The highest BCUT2D eigenvalue weighted by atomic mass is 19.1. The summed E-state index contributed by atoms with van der Waals surface area (Å²) in [5, 5.41) is 2.94. The standard InChI is InChI=1S/C26H30F2N2O4/c1-4-5-6-13-33-22-10-7-18(14-23(22)32-3)17(2)30-25(31)11-12-26-29-16-24(34-26)20-9-8-19(27)15-21(20)28/h7-10,14-17H,4-6,11-13H2,1-3H3,(H,30,31). The highest BCUT2D eigenvalue weighted by molar-refractivity contribution is 5.76. The zero-order valence-electron chi connectivity index (χ0n) is 19.7. The molecule has 1 N–H and O–H groups in total. The van der Waals surface area contributed by atoms with Crippen molar-refractivity contribution >= 4 is 5.91 Å². The molecule has 6 nitrogen and oxygen atoms in total. The van der Waals surface area contributed by atoms with Crippen LogP contribution in [-0.2, 0) is 11.2 Å². The van der Waals surface area contributed by atoms with Gasteiger partial charge in [-0.25, -0.2) is 13.8 Å². The molecule has 1 unspecified atom stereocenters. The molecule has 8 heteroatoms. The van der Waals surface area contributed by atoms with Crippen LogP contribution in [-0.4, -0.2) is 24.6 Å². The SMILES string of the molecule is CCCCCOc1ccc(C(C)NC(=O)CCc2ncc(-c3ccc(F)cc3F)o2)cc1OC. The molecule has 0 fully saturated rings. The average molecular weight is 473 g/mol. The van der Waals surface area contributed by atoms with E-state index in [-0.39, 0.29) is 36.1 Å². The predicted octanol–water partition coefficient (Wildman–Crippen LogP) is 6.01. The molecular weight excluding hydrogens is 442 g/mol. The lowest BCUT2D eigenvalue weighted by molar-refractivity contribution is -0.121. The number of carbonyl (C=O) groups is 1. The molecule has 3 aromatic rings. The van der Waals surface area contributed by atoms with Crippen LogP contribution in [0.4, 0.5) is 8.78 Å². The second kappa shape index (κ2) is 12.2. The van der Waals surface area contributed by atoms with E-state index in [1.54, 1.807) is 7.11 Å². The third kappa shape index (κ3) is 6.79. The fourth-order valence-corrected chi connectivity index (χ4v) is 3.46. The van der Waals surface area contributed by atoms with Crippen LogP contribution in [0, 0.1) is 11.6 Å². The van der Waals surface area contributed by atoms with Gasteiger partial charge in [-0.15, -0.1) is 0 Å². The fraction of sp³-hybridized carbons (Fsp3) is 0.385. The highest BCUT2D eigenvalue weighted by Crippen LogP contribution is 2.30. The van der Waals surface area contributed by atoms with Gasteiger partial charge >= 0.3 is 0 Å². The van der Waals surface area contributed by atoms with Crippen molar-refractivity contribution in [3.63, 3.8) is 0 Å². The Morgan fingerprint density at radius 3 is 2.71 bits per heavy atom. The summed E-state index contributed by atoms with van der Waals surface area (Å²) in [5.41, 5.74) is 1.00. The normalized spacial score (nSPS) is 11.8. The minimum absolute atomic E-state index is 0.116. The molecule has 0 aliphatic rings. The average Bonchev–Trinajstić information content (AvgIpc) is 3.29. The topological polar surface area (TPSA) is 73.6 Å². The first-order chi connectivity index (χ1) is 16.4. The third-order valence-corrected chi connectivity index (χ3v) is 5.39. The Balaban J connectivity index is 1.53. The summed E-state index contributed by atoms with van der Waals surface area (Å²) in [7, 11) is 1.59. The number of hydrogen-bond acceptors (Lipinski definition) is 5. The van der Waals surface area contributed by atoms with Crippen molar-refractivity contribution in [2.24, 2.45) is 0 Å². The maximum absolute atomic E-state index is 13.9. The number of aryl methyl sites for hydroxylation is 1. The number of ether oxygens (including phenoxy) is 2. The zero-order valence-corrected chi connectivity index (χ0v) is 19.7. The van der Waals surface area contributed by atoms with E-state index in [2.05, 4.69) is 17.2 Å². The largest absolute Gasteiger partial charge is 0.493 e. The van der Waals surface area contributed by atoms with Crippen molar-refractivity contribution in [2.75, 3.05) is 13.7 Å². The molecule has 34 heavy (non-hydrogen) atoms. The number of rotatable bonds is 12. The van der Waals surface area contributed by atoms with Gasteiger partial charge in [0.2, 0.25) is 5.91 Å². The van der Waals surface area contributed by atoms with E-state index in [1.807, 2.05) is 25.1 Å². The summed E-state index contributed by atoms with van der Waals surface area (Å²) < 4.78 is 43.8. The molecule has 0 spiro atoms. The molecule has 0 aliphatic carbocycles. The van der Waals surface area contributed by atoms with Gasteiger partial charge in [-0.1, -0.05) is 25.8 Å². The quantitative estimate of drug-likeness (QED) is 0.327. The summed E-state index contributed by atoms with van der Waals surface area (Å²) in [6, 6.07) is 8.59. The molecule has 182 valence electrons. The number of aromatic nitrogens is 1. The van der Waals surface area contributed by atoms with Gasteiger partial charge in [0.05, 0.1) is 31.5 Å². The Labute approximate surface area is 198 Å². The van der Waals surface area contributed by atoms with Crippen molar-refractivity contribution in [3.8, 4) is 22.8 Å². The number of methoxy groups -OCH3 is 1. The molecule has 1 heterocycles. The smallest absolute Gasteiger partial charge is 0.220 e. The number of benzene rings is 2. The maximum atomic E-state index is 13.9. The minimum atomic E-state index is -0.734. The molecule has 1 atom stereocenters. The summed E-state index contributed by atoms with van der Waals surface area (Å²) in [6.45, 7) is 4.66. The first-order valence-corrected chi connectivity index (χ1v) is 11.4. The summed E-state index contributed by atoms with van der Waals surface area (Å²) in [6.07, 6.45) is 4.98. The van der Waals surface area contributed by atoms with Crippen molar-refractivity contribution in [2.45, 2.75) is 52.0 Å². The predicted molar refractivity (Wildman–Crippen MR) is 125 cm³/mol. The maximum Gasteiger partial charge on any atom is 0.220 e. The number of carbonyl (C=O) groups excluding carboxylic acids is 1. The number of halogens is 2. The van der Waals surface area contributed by atoms with E-state index in [0.29, 0.717) is 24.0 Å². The monoisotopic (exact) mass is 472 g/mol. The van der Waals surface area contributed by atoms with Crippen molar-refractivity contribution in [1.29, 1.82) is 0 Å². The Morgan fingerprint density at radius 2 is 1.97 bits per heavy atom. The van der Waals surface area contributed by atoms with Crippen LogP contribution in [0.3, 0.4) is 0 Å². The van der Waals surface area contributed by atoms with Gasteiger partial charge in [0.1, 0.15) is 11.6 Å². The summed E-state index contributed by atoms with van der Waals surface area (Å²) in [5.74, 6) is 0.200. The Hall–Kier alpha value is -3.42. The molecule has 1 amide bonds. The van der Waals surface area contributed by atoms with Crippen LogP contribution in [0.25, 0.3) is 11.3 Å². The molecule has 0 saturated carbocycles. The van der Waals surface area contributed by atoms with E-state index in [0.717, 1.165) is 37.0 Å². The van der Waals surface area contributed by atoms with Gasteiger partial charge < -0.3 is 19.2 Å². The third-order valence-electron chi connectivity index (χ3n) is 5.39. The van der Waals surface area contributed by atoms with Crippen molar-refractivity contribution in [1.82, 2.24) is 10.3 Å². The second-order valence-corrected chi connectivity index (χ2v) is 8.00. The van der Waals surface area contributed by atoms with Crippen LogP contribution < -0.4 is 14.8 Å². The molecular formula is C26H30F2N2O4. The Kier molecular flexibility index (Phi) is 9.01. The highest BCUT2D eigenvalue weighted by Gasteiger charge is 2.16. The van der Waals surface area contributed by atoms with E-state index in [1.165, 1.54) is 12.3 Å². The van der Waals surface area contributed by atoms with Crippen LogP contribution >= 0.6 is 0 Å². The van der Waals surface area contributed by atoms with E-state index < -0.39 is 11.6 Å². The summed E-state index contributed by atoms with van der Waals surface area (Å²) >= 11 is 0. The van der Waals surface area contributed by atoms with Gasteiger partial charge in [-0.05, 0) is 43.2 Å². The lowest BCUT2D eigenvalue weighted by Gasteiger charge is -2.17. The lowest BCUT2D eigenvalue weighted by atomic mass is 10.1. The van der Waals surface area contributed by atoms with Gasteiger partial charge in [0.15, 0.2) is 23.1 Å². The van der Waals surface area contributed by atoms with Crippen LogP contribution in [0.15, 0.2) is 47.0 Å². The number of hydrogen-bond donors (Lipinski definition) is 1. The van der Waals surface area contributed by atoms with Gasteiger partial charge in [0.25, 0.3) is 0 Å². The second-order valence-electron chi connectivity index (χ2n) is 8.00. The zero-order chi connectivity index (χ0) is 24.5. The Morgan fingerprint density at radius 1 is 1.15 bits per heavy atom. The van der Waals surface area contributed by atoms with Crippen LogP contribution in [0.2, 0.25) is 0 Å². The van der Waals surface area contributed by atoms with Gasteiger partial charge in [-0.2, -0.15) is 0 Å². The van der Waals surface area contributed by atoms with E-state index >= 15 is 0 Å². The number of unbranched alkanes of at least 4 members (excludes halogenated alkanes) is 2. The van der Waals surface area contributed by atoms with Gasteiger partial charge in [-0.3, -0.25) is 4.79 Å². The number of nitrogens with one attached hydrogen (secondary N) is 1. The van der Waals surface area contributed by atoms with Crippen LogP contribution in [0.5, 0.6) is 11.5 Å². The molecule has 0 saturated heterocycles. The molecule has 0 bridgehead atoms. The molecule has 2 aromatic carbocycles. The summed E-state index contributed by atoms with van der Waals surface area (Å²) in [4.78, 5) is 16.6. The minimum Gasteiger partial charge on any atom is -0.493 e. The first-order valence-electron chi connectivity index (χ1n) is 11.4. The molecule has 0 aliphatic heterocycles. The first kappa shape index (κ1) is 25.2. The van der Waals surface area contributed by atoms with Crippen molar-refractivity contribution < 1.29 is 27.5 Å². The lowest BCUT2D eigenvalue weighted by Crippen LogP contribution is -2.26. The van der Waals surface area contributed by atoms with Crippen LogP contribution in [0.1, 0.15) is 57.0 Å². The number of amides is 1.